The summed E-state index contributed by atoms with van der Waals surface area (Å²) in [5, 5.41) is 9.18. The Kier molecular flexibility index (Phi) is 4.87. The molecule has 2 saturated carbocycles. The van der Waals surface area contributed by atoms with Gasteiger partial charge >= 0.3 is 0 Å². The Morgan fingerprint density at radius 2 is 2.20 bits per heavy atom. The molecule has 0 N–H and O–H groups in total. The van der Waals surface area contributed by atoms with Crippen molar-refractivity contribution in [1.29, 1.82) is 5.26 Å². The Hall–Kier alpha value is -1.33. The fourth-order valence-corrected chi connectivity index (χ4v) is 5.48. The maximum atomic E-state index is 9.18. The van der Waals surface area contributed by atoms with E-state index < -0.39 is 0 Å². The summed E-state index contributed by atoms with van der Waals surface area (Å²) in [5.74, 6) is 2.70. The summed E-state index contributed by atoms with van der Waals surface area (Å²) in [5.41, 5.74) is 2.70. The second kappa shape index (κ2) is 7.12. The molecule has 0 amide bonds. The van der Waals surface area contributed by atoms with Crippen LogP contribution in [0.1, 0.15) is 69.4 Å². The average Bonchev–Trinajstić information content (AvgIpc) is 3.35. The molecule has 3 aliphatic rings. The van der Waals surface area contributed by atoms with E-state index in [9.17, 15) is 5.26 Å². The minimum absolute atomic E-state index is 0.431. The Bertz CT molecular complexity index is 642. The monoisotopic (exact) mass is 336 g/mol. The number of likely N-dealkylation sites (tertiary alicyclic amines) is 1. The lowest BCUT2D eigenvalue weighted by atomic mass is 9.73. The standard InChI is InChI=1S/C23H32N2/c1-18(6-2-3-11-25-12-5-13-25)20-9-10-23(16-22(23)15-20)21-8-4-7-19(14-21)17-24/h4,7-8,14,18,20,22H,2-3,5-6,9-13,15-16H2,1H3/t18-,20?,22?,23+/m0/s1. The van der Waals surface area contributed by atoms with Crippen LogP contribution in [0, 0.1) is 29.1 Å². The van der Waals surface area contributed by atoms with Crippen molar-refractivity contribution in [2.75, 3.05) is 19.6 Å². The van der Waals surface area contributed by atoms with Gasteiger partial charge in [0.25, 0.3) is 0 Å². The Labute approximate surface area is 153 Å². The number of hydrogen-bond acceptors (Lipinski definition) is 2. The van der Waals surface area contributed by atoms with Gasteiger partial charge in [0.2, 0.25) is 0 Å². The van der Waals surface area contributed by atoms with Crippen molar-refractivity contribution in [3.63, 3.8) is 0 Å². The van der Waals surface area contributed by atoms with E-state index in [1.165, 1.54) is 76.6 Å². The number of hydrogen-bond donors (Lipinski definition) is 0. The Balaban J connectivity index is 1.26. The number of rotatable bonds is 7. The van der Waals surface area contributed by atoms with Crippen LogP contribution in [0.15, 0.2) is 24.3 Å². The van der Waals surface area contributed by atoms with Crippen LogP contribution in [-0.2, 0) is 5.41 Å². The molecule has 1 aromatic carbocycles. The van der Waals surface area contributed by atoms with Crippen molar-refractivity contribution in [1.82, 2.24) is 4.90 Å². The highest BCUT2D eigenvalue weighted by atomic mass is 15.2. The Morgan fingerprint density at radius 1 is 1.32 bits per heavy atom. The van der Waals surface area contributed by atoms with E-state index in [1.54, 1.807) is 0 Å². The summed E-state index contributed by atoms with van der Waals surface area (Å²) in [6, 6.07) is 10.7. The summed E-state index contributed by atoms with van der Waals surface area (Å²) < 4.78 is 0. The molecule has 1 saturated heterocycles. The van der Waals surface area contributed by atoms with E-state index in [0.717, 1.165) is 23.3 Å². The SMILES string of the molecule is C[C@@H](CCCCN1CCC1)C1CC[C@]2(c3cccc(C#N)c3)CC2C1. The molecule has 4 atom stereocenters. The van der Waals surface area contributed by atoms with E-state index in [2.05, 4.69) is 36.1 Å². The minimum atomic E-state index is 0.431. The largest absolute Gasteiger partial charge is 0.303 e. The van der Waals surface area contributed by atoms with Crippen molar-refractivity contribution in [3.8, 4) is 6.07 Å². The first-order valence-electron chi connectivity index (χ1n) is 10.4. The third kappa shape index (κ3) is 3.49. The molecule has 0 spiro atoms. The van der Waals surface area contributed by atoms with Crippen LogP contribution in [0.3, 0.4) is 0 Å². The molecule has 2 nitrogen and oxygen atoms in total. The highest BCUT2D eigenvalue weighted by molar-refractivity contribution is 5.41. The van der Waals surface area contributed by atoms with Crippen molar-refractivity contribution < 1.29 is 0 Å². The van der Waals surface area contributed by atoms with Gasteiger partial charge in [0.05, 0.1) is 11.6 Å². The maximum absolute atomic E-state index is 9.18. The molecule has 3 fully saturated rings. The second-order valence-corrected chi connectivity index (χ2v) is 8.95. The first kappa shape index (κ1) is 17.1. The molecule has 0 bridgehead atoms. The maximum Gasteiger partial charge on any atom is 0.0991 e. The highest BCUT2D eigenvalue weighted by Crippen LogP contribution is 2.64. The van der Waals surface area contributed by atoms with Crippen molar-refractivity contribution in [2.45, 2.75) is 63.7 Å². The fraction of sp³-hybridized carbons (Fsp3) is 0.696. The molecule has 25 heavy (non-hydrogen) atoms. The van der Waals surface area contributed by atoms with Crippen molar-refractivity contribution in [3.05, 3.63) is 35.4 Å². The van der Waals surface area contributed by atoms with Gasteiger partial charge in [-0.15, -0.1) is 0 Å². The number of nitrogens with zero attached hydrogens (tertiary/aromatic N) is 2. The van der Waals surface area contributed by atoms with E-state index >= 15 is 0 Å². The first-order chi connectivity index (χ1) is 12.2. The summed E-state index contributed by atoms with van der Waals surface area (Å²) in [4.78, 5) is 2.60. The predicted molar refractivity (Wildman–Crippen MR) is 102 cm³/mol. The van der Waals surface area contributed by atoms with Gasteiger partial charge < -0.3 is 4.90 Å². The number of benzene rings is 1. The van der Waals surface area contributed by atoms with Gasteiger partial charge in [0.15, 0.2) is 0 Å². The molecule has 4 rings (SSSR count). The van der Waals surface area contributed by atoms with Crippen LogP contribution in [0.5, 0.6) is 0 Å². The van der Waals surface area contributed by atoms with Gasteiger partial charge in [-0.1, -0.05) is 31.9 Å². The van der Waals surface area contributed by atoms with Gasteiger partial charge in [0, 0.05) is 0 Å². The normalized spacial score (nSPS) is 32.3. The molecule has 1 aromatic rings. The quantitative estimate of drug-likeness (QED) is 0.646. The summed E-state index contributed by atoms with van der Waals surface area (Å²) in [6.45, 7) is 6.52. The minimum Gasteiger partial charge on any atom is -0.303 e. The van der Waals surface area contributed by atoms with E-state index in [4.69, 9.17) is 0 Å². The lowest BCUT2D eigenvalue weighted by Crippen LogP contribution is -2.37. The average molecular weight is 337 g/mol. The Morgan fingerprint density at radius 3 is 2.92 bits per heavy atom. The zero-order valence-electron chi connectivity index (χ0n) is 15.7. The first-order valence-corrected chi connectivity index (χ1v) is 10.4. The van der Waals surface area contributed by atoms with Gasteiger partial charge in [-0.2, -0.15) is 5.26 Å². The van der Waals surface area contributed by atoms with Crippen LogP contribution < -0.4 is 0 Å². The van der Waals surface area contributed by atoms with Crippen LogP contribution >= 0.6 is 0 Å². The van der Waals surface area contributed by atoms with Crippen molar-refractivity contribution in [2.24, 2.45) is 17.8 Å². The topological polar surface area (TPSA) is 27.0 Å². The van der Waals surface area contributed by atoms with E-state index in [-0.39, 0.29) is 0 Å². The molecule has 2 aliphatic carbocycles. The van der Waals surface area contributed by atoms with E-state index in [0.29, 0.717) is 5.41 Å². The molecule has 0 aromatic heterocycles. The highest BCUT2D eigenvalue weighted by Gasteiger charge is 2.57. The van der Waals surface area contributed by atoms with Crippen LogP contribution in [0.2, 0.25) is 0 Å². The third-order valence-corrected chi connectivity index (χ3v) is 7.48. The second-order valence-electron chi connectivity index (χ2n) is 8.95. The molecule has 2 heteroatoms. The lowest BCUT2D eigenvalue weighted by Gasteiger charge is -2.33. The molecular weight excluding hydrogens is 304 g/mol. The smallest absolute Gasteiger partial charge is 0.0991 e. The number of unbranched alkanes of at least 4 members (excludes halogenated alkanes) is 1. The molecule has 134 valence electrons. The van der Waals surface area contributed by atoms with Gasteiger partial charge in [-0.25, -0.2) is 0 Å². The lowest BCUT2D eigenvalue weighted by molar-refractivity contribution is 0.173. The van der Waals surface area contributed by atoms with Gasteiger partial charge in [-0.3, -0.25) is 0 Å². The van der Waals surface area contributed by atoms with Crippen LogP contribution in [-0.4, -0.2) is 24.5 Å². The van der Waals surface area contributed by atoms with Gasteiger partial charge in [-0.05, 0) is 99.0 Å². The van der Waals surface area contributed by atoms with Crippen LogP contribution in [0.4, 0.5) is 0 Å². The number of fused-ring (bicyclic) bond motifs is 1. The molecular formula is C23H32N2. The fourth-order valence-electron chi connectivity index (χ4n) is 5.48. The zero-order valence-corrected chi connectivity index (χ0v) is 15.7. The van der Waals surface area contributed by atoms with E-state index in [1.807, 2.05) is 6.07 Å². The molecule has 1 aliphatic heterocycles. The molecule has 1 heterocycles. The van der Waals surface area contributed by atoms with Crippen molar-refractivity contribution >= 4 is 0 Å². The van der Waals surface area contributed by atoms with Gasteiger partial charge in [0.1, 0.15) is 0 Å². The molecule has 2 unspecified atom stereocenters. The zero-order chi connectivity index (χ0) is 17.3. The summed E-state index contributed by atoms with van der Waals surface area (Å²) in [6.07, 6.45) is 11.2. The summed E-state index contributed by atoms with van der Waals surface area (Å²) >= 11 is 0. The number of nitriles is 1. The summed E-state index contributed by atoms with van der Waals surface area (Å²) in [7, 11) is 0. The molecule has 0 radical (unpaired) electrons. The predicted octanol–water partition coefficient (Wildman–Crippen LogP) is 5.13. The third-order valence-electron chi connectivity index (χ3n) is 7.48. The van der Waals surface area contributed by atoms with Crippen LogP contribution in [0.25, 0.3) is 0 Å².